The van der Waals surface area contributed by atoms with Crippen LogP contribution in [0.1, 0.15) is 28.3 Å². The molecular formula is C22H24BrN7. The van der Waals surface area contributed by atoms with Gasteiger partial charge in [0.25, 0.3) is 0 Å². The Balaban J connectivity index is 1.46. The Kier molecular flexibility index (Phi) is 6.66. The Bertz CT molecular complexity index is 1040. The molecule has 0 aliphatic heterocycles. The predicted octanol–water partition coefficient (Wildman–Crippen LogP) is 3.76. The van der Waals surface area contributed by atoms with Gasteiger partial charge in [-0.15, -0.1) is 10.2 Å². The number of aromatic nitrogens is 6. The van der Waals surface area contributed by atoms with Crippen molar-refractivity contribution in [3.8, 4) is 0 Å². The number of H-pyrrole nitrogens is 1. The Morgan fingerprint density at radius 3 is 2.50 bits per heavy atom. The van der Waals surface area contributed by atoms with E-state index in [0.29, 0.717) is 13.1 Å². The second-order valence-electron chi connectivity index (χ2n) is 7.38. The SMILES string of the molecule is Cc1ccc(Cn2cnnc2CN(CCc2ccc(Br)cc2)Cc2ncn[nH]2)cc1. The van der Waals surface area contributed by atoms with E-state index >= 15 is 0 Å². The van der Waals surface area contributed by atoms with E-state index in [-0.39, 0.29) is 0 Å². The average molecular weight is 466 g/mol. The van der Waals surface area contributed by atoms with E-state index in [1.54, 1.807) is 12.7 Å². The van der Waals surface area contributed by atoms with Crippen molar-refractivity contribution in [2.45, 2.75) is 33.0 Å². The molecule has 4 aromatic rings. The third-order valence-corrected chi connectivity index (χ3v) is 5.53. The fraction of sp³-hybridized carbons (Fsp3) is 0.273. The summed E-state index contributed by atoms with van der Waals surface area (Å²) < 4.78 is 3.20. The number of halogens is 1. The molecule has 0 saturated heterocycles. The number of aromatic amines is 1. The summed E-state index contributed by atoms with van der Waals surface area (Å²) in [5.74, 6) is 1.78. The number of nitrogens with one attached hydrogen (secondary N) is 1. The second-order valence-corrected chi connectivity index (χ2v) is 8.30. The first-order chi connectivity index (χ1) is 14.7. The third-order valence-electron chi connectivity index (χ3n) is 5.00. The van der Waals surface area contributed by atoms with Crippen LogP contribution in [0.2, 0.25) is 0 Å². The third kappa shape index (κ3) is 5.61. The van der Waals surface area contributed by atoms with Gasteiger partial charge >= 0.3 is 0 Å². The van der Waals surface area contributed by atoms with E-state index < -0.39 is 0 Å². The van der Waals surface area contributed by atoms with Crippen molar-refractivity contribution in [1.29, 1.82) is 0 Å². The molecule has 7 nitrogen and oxygen atoms in total. The van der Waals surface area contributed by atoms with Crippen LogP contribution in [0.25, 0.3) is 0 Å². The molecule has 4 rings (SSSR count). The summed E-state index contributed by atoms with van der Waals surface area (Å²) in [5.41, 5.74) is 3.79. The van der Waals surface area contributed by atoms with E-state index in [1.807, 2.05) is 0 Å². The Morgan fingerprint density at radius 2 is 1.77 bits per heavy atom. The van der Waals surface area contributed by atoms with Gasteiger partial charge in [-0.1, -0.05) is 57.9 Å². The maximum atomic E-state index is 4.38. The maximum Gasteiger partial charge on any atom is 0.147 e. The molecule has 2 heterocycles. The minimum Gasteiger partial charge on any atom is -0.312 e. The standard InChI is InChI=1S/C22H24BrN7/c1-17-2-4-19(5-3-17)12-30-16-26-28-22(30)14-29(13-21-24-15-25-27-21)11-10-18-6-8-20(23)9-7-18/h2-9,15-16H,10-14H2,1H3,(H,24,25,27). The topological polar surface area (TPSA) is 75.5 Å². The lowest BCUT2D eigenvalue weighted by Gasteiger charge is -2.21. The molecule has 0 saturated carbocycles. The summed E-state index contributed by atoms with van der Waals surface area (Å²) in [5, 5.41) is 15.5. The van der Waals surface area contributed by atoms with Crippen LogP contribution < -0.4 is 0 Å². The van der Waals surface area contributed by atoms with Crippen LogP contribution in [0.4, 0.5) is 0 Å². The molecule has 1 N–H and O–H groups in total. The first-order valence-corrected chi connectivity index (χ1v) is 10.7. The smallest absolute Gasteiger partial charge is 0.147 e. The summed E-state index contributed by atoms with van der Waals surface area (Å²) in [7, 11) is 0. The van der Waals surface area contributed by atoms with Crippen LogP contribution in [0, 0.1) is 6.92 Å². The van der Waals surface area contributed by atoms with Gasteiger partial charge in [-0.2, -0.15) is 5.10 Å². The lowest BCUT2D eigenvalue weighted by Crippen LogP contribution is -2.27. The van der Waals surface area contributed by atoms with Gasteiger partial charge in [-0.05, 0) is 36.6 Å². The quantitative estimate of drug-likeness (QED) is 0.407. The largest absolute Gasteiger partial charge is 0.312 e. The van der Waals surface area contributed by atoms with Crippen LogP contribution in [0.3, 0.4) is 0 Å². The highest BCUT2D eigenvalue weighted by Gasteiger charge is 2.14. The lowest BCUT2D eigenvalue weighted by molar-refractivity contribution is 0.244. The monoisotopic (exact) mass is 465 g/mol. The van der Waals surface area contributed by atoms with Crippen molar-refractivity contribution >= 4 is 15.9 Å². The summed E-state index contributed by atoms with van der Waals surface area (Å²) in [4.78, 5) is 6.61. The van der Waals surface area contributed by atoms with E-state index in [9.17, 15) is 0 Å². The maximum absolute atomic E-state index is 4.38. The second kappa shape index (κ2) is 9.77. The molecule has 2 aromatic heterocycles. The predicted molar refractivity (Wildman–Crippen MR) is 119 cm³/mol. The van der Waals surface area contributed by atoms with Gasteiger partial charge in [0.15, 0.2) is 0 Å². The zero-order valence-corrected chi connectivity index (χ0v) is 18.5. The molecule has 0 unspecified atom stereocenters. The Hall–Kier alpha value is -2.84. The van der Waals surface area contributed by atoms with Gasteiger partial charge in [-0.3, -0.25) is 10.00 Å². The molecule has 154 valence electrons. The molecule has 0 fully saturated rings. The zero-order valence-electron chi connectivity index (χ0n) is 16.9. The summed E-state index contributed by atoms with van der Waals surface area (Å²) >= 11 is 3.50. The minimum absolute atomic E-state index is 0.675. The van der Waals surface area contributed by atoms with Gasteiger partial charge in [-0.25, -0.2) is 4.98 Å². The number of aryl methyl sites for hydroxylation is 1. The Labute approximate surface area is 184 Å². The normalized spacial score (nSPS) is 11.3. The van der Waals surface area contributed by atoms with Crippen LogP contribution >= 0.6 is 15.9 Å². The molecule has 0 radical (unpaired) electrons. The minimum atomic E-state index is 0.675. The molecule has 2 aromatic carbocycles. The molecular weight excluding hydrogens is 442 g/mol. The number of hydrogen-bond donors (Lipinski definition) is 1. The van der Waals surface area contributed by atoms with E-state index in [1.165, 1.54) is 16.7 Å². The highest BCUT2D eigenvalue weighted by atomic mass is 79.9. The zero-order chi connectivity index (χ0) is 20.8. The van der Waals surface area contributed by atoms with Crippen LogP contribution in [-0.4, -0.2) is 41.4 Å². The molecule has 0 spiro atoms. The van der Waals surface area contributed by atoms with Crippen molar-refractivity contribution in [3.63, 3.8) is 0 Å². The van der Waals surface area contributed by atoms with Gasteiger partial charge in [0.2, 0.25) is 0 Å². The molecule has 30 heavy (non-hydrogen) atoms. The first kappa shape index (κ1) is 20.4. The number of benzene rings is 2. The molecule has 0 aliphatic carbocycles. The van der Waals surface area contributed by atoms with Crippen molar-refractivity contribution in [2.75, 3.05) is 6.54 Å². The van der Waals surface area contributed by atoms with Gasteiger partial charge in [0, 0.05) is 11.0 Å². The molecule has 0 aliphatic rings. The number of nitrogens with zero attached hydrogens (tertiary/aromatic N) is 6. The molecule has 0 amide bonds. The number of hydrogen-bond acceptors (Lipinski definition) is 5. The highest BCUT2D eigenvalue weighted by Crippen LogP contribution is 2.13. The molecule has 0 atom stereocenters. The Morgan fingerprint density at radius 1 is 1.00 bits per heavy atom. The van der Waals surface area contributed by atoms with Gasteiger partial charge in [0.05, 0.1) is 19.6 Å². The lowest BCUT2D eigenvalue weighted by atomic mass is 10.1. The average Bonchev–Trinajstić information content (AvgIpc) is 3.41. The molecule has 8 heteroatoms. The summed E-state index contributed by atoms with van der Waals surface area (Å²) in [6.07, 6.45) is 4.28. The van der Waals surface area contributed by atoms with E-state index in [2.05, 4.69) is 106 Å². The first-order valence-electron chi connectivity index (χ1n) is 9.89. The highest BCUT2D eigenvalue weighted by molar-refractivity contribution is 9.10. The van der Waals surface area contributed by atoms with Crippen LogP contribution in [-0.2, 0) is 26.1 Å². The molecule has 0 bridgehead atoms. The van der Waals surface area contributed by atoms with Crippen molar-refractivity contribution < 1.29 is 0 Å². The van der Waals surface area contributed by atoms with Crippen molar-refractivity contribution in [2.24, 2.45) is 0 Å². The van der Waals surface area contributed by atoms with Crippen molar-refractivity contribution in [3.05, 3.63) is 94.0 Å². The van der Waals surface area contributed by atoms with Gasteiger partial charge in [0.1, 0.15) is 24.3 Å². The van der Waals surface area contributed by atoms with Crippen LogP contribution in [0.5, 0.6) is 0 Å². The van der Waals surface area contributed by atoms with Gasteiger partial charge < -0.3 is 4.57 Å². The fourth-order valence-corrected chi connectivity index (χ4v) is 3.56. The van der Waals surface area contributed by atoms with E-state index in [0.717, 1.165) is 35.6 Å². The number of rotatable bonds is 9. The van der Waals surface area contributed by atoms with E-state index in [4.69, 9.17) is 0 Å². The van der Waals surface area contributed by atoms with Crippen LogP contribution in [0.15, 0.2) is 65.7 Å². The summed E-state index contributed by atoms with van der Waals surface area (Å²) in [6, 6.07) is 17.0. The summed E-state index contributed by atoms with van der Waals surface area (Å²) in [6.45, 7) is 5.09. The fourth-order valence-electron chi connectivity index (χ4n) is 3.29. The van der Waals surface area contributed by atoms with Crippen molar-refractivity contribution in [1.82, 2.24) is 34.8 Å².